The van der Waals surface area contributed by atoms with Gasteiger partial charge in [-0.3, -0.25) is 9.67 Å². The van der Waals surface area contributed by atoms with Gasteiger partial charge in [0.2, 0.25) is 0 Å². The van der Waals surface area contributed by atoms with Crippen molar-refractivity contribution in [1.82, 2.24) is 19.7 Å². The molecular weight excluding hydrogens is 256 g/mol. The van der Waals surface area contributed by atoms with Crippen LogP contribution in [0.3, 0.4) is 0 Å². The van der Waals surface area contributed by atoms with Crippen LogP contribution in [0.25, 0.3) is 22.3 Å². The van der Waals surface area contributed by atoms with Gasteiger partial charge in [-0.05, 0) is 25.1 Å². The predicted octanol–water partition coefficient (Wildman–Crippen LogP) is 2.04. The number of aryl methyl sites for hydroxylation is 2. The van der Waals surface area contributed by atoms with E-state index in [2.05, 4.69) is 15.1 Å². The molecule has 6 nitrogen and oxygen atoms in total. The summed E-state index contributed by atoms with van der Waals surface area (Å²) < 4.78 is 1.60. The Labute approximate surface area is 114 Å². The zero-order valence-electron chi connectivity index (χ0n) is 11.0. The van der Waals surface area contributed by atoms with Crippen molar-refractivity contribution in [2.24, 2.45) is 7.05 Å². The molecule has 0 aliphatic rings. The van der Waals surface area contributed by atoms with E-state index in [1.165, 1.54) is 0 Å². The van der Waals surface area contributed by atoms with Gasteiger partial charge >= 0.3 is 5.97 Å². The van der Waals surface area contributed by atoms with Gasteiger partial charge in [0.1, 0.15) is 0 Å². The van der Waals surface area contributed by atoms with Crippen molar-refractivity contribution in [1.29, 1.82) is 0 Å². The van der Waals surface area contributed by atoms with Gasteiger partial charge in [-0.1, -0.05) is 0 Å². The van der Waals surface area contributed by atoms with Crippen molar-refractivity contribution in [3.05, 3.63) is 41.9 Å². The Bertz CT molecular complexity index is 809. The Morgan fingerprint density at radius 1 is 1.30 bits per heavy atom. The van der Waals surface area contributed by atoms with Crippen LogP contribution in [0, 0.1) is 6.92 Å². The maximum atomic E-state index is 11.5. The highest BCUT2D eigenvalue weighted by Gasteiger charge is 2.18. The van der Waals surface area contributed by atoms with Crippen molar-refractivity contribution in [2.45, 2.75) is 6.92 Å². The van der Waals surface area contributed by atoms with Crippen LogP contribution in [0.1, 0.15) is 16.1 Å². The molecule has 20 heavy (non-hydrogen) atoms. The molecule has 0 aliphatic carbocycles. The van der Waals surface area contributed by atoms with E-state index in [1.807, 2.05) is 0 Å². The summed E-state index contributed by atoms with van der Waals surface area (Å²) in [6, 6.07) is 5.17. The summed E-state index contributed by atoms with van der Waals surface area (Å²) in [6.07, 6.45) is 3.30. The third-order valence-electron chi connectivity index (χ3n) is 3.18. The minimum atomic E-state index is -0.983. The lowest BCUT2D eigenvalue weighted by molar-refractivity contribution is 0.0699. The smallest absolute Gasteiger partial charge is 0.336 e. The first kappa shape index (κ1) is 12.3. The van der Waals surface area contributed by atoms with Crippen LogP contribution in [-0.2, 0) is 7.05 Å². The lowest BCUT2D eigenvalue weighted by Gasteiger charge is -2.05. The minimum Gasteiger partial charge on any atom is -0.478 e. The summed E-state index contributed by atoms with van der Waals surface area (Å²) in [5.74, 6) is -0.983. The molecule has 1 N–H and O–H groups in total. The van der Waals surface area contributed by atoms with Crippen LogP contribution in [0.4, 0.5) is 0 Å². The number of fused-ring (bicyclic) bond motifs is 1. The predicted molar refractivity (Wildman–Crippen MR) is 73.4 cm³/mol. The van der Waals surface area contributed by atoms with Crippen molar-refractivity contribution in [3.8, 4) is 11.3 Å². The van der Waals surface area contributed by atoms with Crippen LogP contribution >= 0.6 is 0 Å². The molecule has 0 bridgehead atoms. The number of hydrogen-bond donors (Lipinski definition) is 1. The minimum absolute atomic E-state index is 0.215. The molecule has 0 unspecified atom stereocenters. The molecule has 0 aromatic carbocycles. The van der Waals surface area contributed by atoms with Gasteiger partial charge < -0.3 is 5.11 Å². The molecule has 0 saturated heterocycles. The van der Waals surface area contributed by atoms with E-state index in [0.29, 0.717) is 22.4 Å². The zero-order chi connectivity index (χ0) is 14.3. The summed E-state index contributed by atoms with van der Waals surface area (Å²) in [6.45, 7) is 1.78. The summed E-state index contributed by atoms with van der Waals surface area (Å²) in [5.41, 5.74) is 2.86. The highest BCUT2D eigenvalue weighted by atomic mass is 16.4. The van der Waals surface area contributed by atoms with E-state index in [0.717, 1.165) is 5.56 Å². The Morgan fingerprint density at radius 3 is 2.65 bits per heavy atom. The number of hydrogen-bond acceptors (Lipinski definition) is 4. The summed E-state index contributed by atoms with van der Waals surface area (Å²) >= 11 is 0. The van der Waals surface area contributed by atoms with Crippen LogP contribution in [0.5, 0.6) is 0 Å². The monoisotopic (exact) mass is 268 g/mol. The fourth-order valence-corrected chi connectivity index (χ4v) is 2.28. The molecule has 3 aromatic heterocycles. The Morgan fingerprint density at radius 2 is 2.00 bits per heavy atom. The van der Waals surface area contributed by atoms with Crippen LogP contribution in [0.2, 0.25) is 0 Å². The maximum Gasteiger partial charge on any atom is 0.336 e. The molecule has 0 radical (unpaired) electrons. The molecule has 3 aromatic rings. The van der Waals surface area contributed by atoms with Gasteiger partial charge in [0.25, 0.3) is 0 Å². The van der Waals surface area contributed by atoms with E-state index in [-0.39, 0.29) is 5.56 Å². The number of carboxylic acid groups (broad SMARTS) is 1. The third kappa shape index (κ3) is 1.82. The van der Waals surface area contributed by atoms with Crippen LogP contribution in [-0.4, -0.2) is 30.8 Å². The van der Waals surface area contributed by atoms with Crippen molar-refractivity contribution in [3.63, 3.8) is 0 Å². The van der Waals surface area contributed by atoms with Crippen LogP contribution in [0.15, 0.2) is 30.6 Å². The molecule has 3 heterocycles. The average Bonchev–Trinajstić information content (AvgIpc) is 2.74. The highest BCUT2D eigenvalue weighted by molar-refractivity contribution is 6.04. The summed E-state index contributed by atoms with van der Waals surface area (Å²) in [5, 5.41) is 14.2. The fourth-order valence-electron chi connectivity index (χ4n) is 2.28. The second-order valence-electron chi connectivity index (χ2n) is 4.50. The quantitative estimate of drug-likeness (QED) is 0.769. The Hall–Kier alpha value is -2.76. The molecule has 0 amide bonds. The SMILES string of the molecule is Cc1nn(C)c2nc(-c3ccncc3)cc(C(=O)O)c12. The summed E-state index contributed by atoms with van der Waals surface area (Å²) in [7, 11) is 1.75. The van der Waals surface area contributed by atoms with Gasteiger partial charge in [0.15, 0.2) is 5.65 Å². The molecule has 3 rings (SSSR count). The van der Waals surface area contributed by atoms with Gasteiger partial charge in [-0.15, -0.1) is 0 Å². The number of carboxylic acids is 1. The van der Waals surface area contributed by atoms with E-state index in [4.69, 9.17) is 0 Å². The second-order valence-corrected chi connectivity index (χ2v) is 4.50. The molecule has 0 saturated carbocycles. The Kier molecular flexibility index (Phi) is 2.71. The topological polar surface area (TPSA) is 80.9 Å². The van der Waals surface area contributed by atoms with Crippen LogP contribution < -0.4 is 0 Å². The normalized spacial score (nSPS) is 10.9. The number of aromatic nitrogens is 4. The first-order valence-electron chi connectivity index (χ1n) is 6.06. The number of pyridine rings is 2. The lowest BCUT2D eigenvalue weighted by Crippen LogP contribution is -2.01. The summed E-state index contributed by atoms with van der Waals surface area (Å²) in [4.78, 5) is 20.0. The molecule has 0 spiro atoms. The third-order valence-corrected chi connectivity index (χ3v) is 3.18. The van der Waals surface area contributed by atoms with E-state index < -0.39 is 5.97 Å². The zero-order valence-corrected chi connectivity index (χ0v) is 11.0. The number of carbonyl (C=O) groups is 1. The maximum absolute atomic E-state index is 11.5. The largest absolute Gasteiger partial charge is 0.478 e. The van der Waals surface area contributed by atoms with Gasteiger partial charge in [0, 0.05) is 25.0 Å². The molecular formula is C14H12N4O2. The number of rotatable bonds is 2. The lowest BCUT2D eigenvalue weighted by atomic mass is 10.1. The number of nitrogens with zero attached hydrogens (tertiary/aromatic N) is 4. The van der Waals surface area contributed by atoms with Gasteiger partial charge in [0.05, 0.1) is 22.3 Å². The highest BCUT2D eigenvalue weighted by Crippen LogP contribution is 2.26. The molecule has 100 valence electrons. The first-order valence-corrected chi connectivity index (χ1v) is 6.06. The number of aromatic carboxylic acids is 1. The van der Waals surface area contributed by atoms with E-state index >= 15 is 0 Å². The molecule has 0 atom stereocenters. The molecule has 6 heteroatoms. The molecule has 0 aliphatic heterocycles. The van der Waals surface area contributed by atoms with Crippen molar-refractivity contribution < 1.29 is 9.90 Å². The standard InChI is InChI=1S/C14H12N4O2/c1-8-12-10(14(19)20)7-11(9-3-5-15-6-4-9)16-13(12)18(2)17-8/h3-7H,1-2H3,(H,19,20). The van der Waals surface area contributed by atoms with E-state index in [9.17, 15) is 9.90 Å². The average molecular weight is 268 g/mol. The van der Waals surface area contributed by atoms with Crippen molar-refractivity contribution in [2.75, 3.05) is 0 Å². The van der Waals surface area contributed by atoms with Gasteiger partial charge in [-0.25, -0.2) is 9.78 Å². The first-order chi connectivity index (χ1) is 9.58. The van der Waals surface area contributed by atoms with Gasteiger partial charge in [-0.2, -0.15) is 5.10 Å². The molecule has 0 fully saturated rings. The van der Waals surface area contributed by atoms with E-state index in [1.54, 1.807) is 49.2 Å². The fraction of sp³-hybridized carbons (Fsp3) is 0.143. The second kappa shape index (κ2) is 4.41. The Balaban J connectivity index is 2.37. The van der Waals surface area contributed by atoms with Crippen molar-refractivity contribution >= 4 is 17.0 Å².